The summed E-state index contributed by atoms with van der Waals surface area (Å²) in [6, 6.07) is 18.6. The number of aromatic nitrogens is 5. The summed E-state index contributed by atoms with van der Waals surface area (Å²) in [5.41, 5.74) is 12.7. The van der Waals surface area contributed by atoms with Gasteiger partial charge in [-0.05, 0) is 57.0 Å². The maximum Gasteiger partial charge on any atom is 0.215 e. The van der Waals surface area contributed by atoms with E-state index in [0.29, 0.717) is 18.2 Å². The first-order chi connectivity index (χ1) is 19.2. The van der Waals surface area contributed by atoms with Crippen molar-refractivity contribution in [2.45, 2.75) is 46.3 Å². The molecule has 4 aromatic heterocycles. The SMILES string of the molecule is CC(C)(C)N.COc1ncc(-c2nc(N3Cc4cccnc4C3)c3c(-c4ccccc4)ccn3n2)cc1C.OO.[HH]. The second kappa shape index (κ2) is 12.2. The molecule has 5 aromatic rings. The molecule has 10 nitrogen and oxygen atoms in total. The van der Waals surface area contributed by atoms with E-state index in [1.807, 2.05) is 62.8 Å². The van der Waals surface area contributed by atoms with Gasteiger partial charge in [0.15, 0.2) is 11.6 Å². The quantitative estimate of drug-likeness (QED) is 0.193. The van der Waals surface area contributed by atoms with Gasteiger partial charge < -0.3 is 15.4 Å². The van der Waals surface area contributed by atoms with Gasteiger partial charge in [-0.2, -0.15) is 0 Å². The van der Waals surface area contributed by atoms with Crippen LogP contribution in [0.4, 0.5) is 5.82 Å². The summed E-state index contributed by atoms with van der Waals surface area (Å²) in [6.07, 6.45) is 5.61. The number of rotatable bonds is 4. The second-order valence-electron chi connectivity index (χ2n) is 10.5. The number of pyridine rings is 2. The summed E-state index contributed by atoms with van der Waals surface area (Å²) in [7, 11) is 1.62. The van der Waals surface area contributed by atoms with E-state index < -0.39 is 0 Å². The minimum Gasteiger partial charge on any atom is -0.481 e. The van der Waals surface area contributed by atoms with Crippen molar-refractivity contribution in [3.05, 3.63) is 90.0 Å². The largest absolute Gasteiger partial charge is 0.481 e. The molecule has 10 heteroatoms. The zero-order valence-electron chi connectivity index (χ0n) is 23.4. The summed E-state index contributed by atoms with van der Waals surface area (Å²) in [6.45, 7) is 9.34. The molecular formula is C30H37N7O3. The summed E-state index contributed by atoms with van der Waals surface area (Å²) >= 11 is 0. The first-order valence-electron chi connectivity index (χ1n) is 12.8. The number of aryl methyl sites for hydroxylation is 1. The van der Waals surface area contributed by atoms with Crippen LogP contribution in [-0.4, -0.2) is 47.7 Å². The van der Waals surface area contributed by atoms with Crippen LogP contribution in [0.15, 0.2) is 73.2 Å². The van der Waals surface area contributed by atoms with Crippen LogP contribution in [0.1, 0.15) is 39.0 Å². The van der Waals surface area contributed by atoms with Gasteiger partial charge in [0, 0.05) is 48.8 Å². The molecule has 0 saturated carbocycles. The van der Waals surface area contributed by atoms with Gasteiger partial charge in [-0.25, -0.2) is 14.5 Å². The summed E-state index contributed by atoms with van der Waals surface area (Å²) in [4.78, 5) is 16.4. The van der Waals surface area contributed by atoms with Crippen LogP contribution in [0.3, 0.4) is 0 Å². The molecule has 0 amide bonds. The molecule has 1 aliphatic rings. The number of anilines is 1. The third-order valence-electron chi connectivity index (χ3n) is 6.05. The summed E-state index contributed by atoms with van der Waals surface area (Å²) in [5, 5.41) is 16.9. The molecule has 0 fully saturated rings. The molecule has 0 aliphatic carbocycles. The van der Waals surface area contributed by atoms with Gasteiger partial charge in [-0.3, -0.25) is 15.5 Å². The van der Waals surface area contributed by atoms with Crippen molar-refractivity contribution < 1.29 is 16.7 Å². The van der Waals surface area contributed by atoms with Gasteiger partial charge >= 0.3 is 0 Å². The van der Waals surface area contributed by atoms with Crippen LogP contribution in [0.5, 0.6) is 5.88 Å². The molecule has 0 bridgehead atoms. The lowest BCUT2D eigenvalue weighted by Crippen LogP contribution is -2.26. The van der Waals surface area contributed by atoms with Crippen LogP contribution in [0, 0.1) is 6.92 Å². The topological polar surface area (TPSA) is 135 Å². The minimum absolute atomic E-state index is 0. The minimum atomic E-state index is 0. The number of nitrogens with two attached hydrogens (primary N) is 1. The Bertz CT molecular complexity index is 1560. The number of hydrogen-bond acceptors (Lipinski definition) is 9. The van der Waals surface area contributed by atoms with Crippen molar-refractivity contribution in [2.75, 3.05) is 12.0 Å². The van der Waals surface area contributed by atoms with Crippen LogP contribution in [0.2, 0.25) is 0 Å². The van der Waals surface area contributed by atoms with Gasteiger partial charge in [-0.15, -0.1) is 5.10 Å². The van der Waals surface area contributed by atoms with Gasteiger partial charge in [0.2, 0.25) is 5.88 Å². The standard InChI is InChI=1S/C26H22N6O.C4H11N.H2O2.H2/c1-17-13-20(14-28-26(17)33-2)24-29-25(31-15-19-9-6-11-27-22(19)16-31)23-21(10-12-32(23)30-24)18-7-4-3-5-8-18;1-4(2,3)5;1-2;/h3-14H,15-16H2,1-2H3;5H2,1-3H3;1-2H;1H. The average Bonchev–Trinajstić information content (AvgIpc) is 3.58. The van der Waals surface area contributed by atoms with Crippen LogP contribution in [0.25, 0.3) is 28.0 Å². The maximum absolute atomic E-state index is 6.00. The van der Waals surface area contributed by atoms with Gasteiger partial charge in [-0.1, -0.05) is 36.4 Å². The Balaban J connectivity index is 0.000000525. The summed E-state index contributed by atoms with van der Waals surface area (Å²) in [5.74, 6) is 2.11. The Hall–Kier alpha value is -4.38. The fourth-order valence-corrected chi connectivity index (χ4v) is 4.45. The summed E-state index contributed by atoms with van der Waals surface area (Å²) < 4.78 is 7.25. The molecule has 4 N–H and O–H groups in total. The van der Waals surface area contributed by atoms with Crippen molar-refractivity contribution in [3.63, 3.8) is 0 Å². The van der Waals surface area contributed by atoms with Crippen molar-refractivity contribution in [1.29, 1.82) is 0 Å². The highest BCUT2D eigenvalue weighted by Crippen LogP contribution is 2.36. The van der Waals surface area contributed by atoms with Crippen LogP contribution in [-0.2, 0) is 13.1 Å². The fraction of sp³-hybridized carbons (Fsp3) is 0.267. The molecule has 40 heavy (non-hydrogen) atoms. The molecule has 0 spiro atoms. The Morgan fingerprint density at radius 1 is 0.975 bits per heavy atom. The second-order valence-corrected chi connectivity index (χ2v) is 10.5. The molecule has 1 aliphatic heterocycles. The number of benzene rings is 1. The van der Waals surface area contributed by atoms with Crippen molar-refractivity contribution in [3.8, 4) is 28.4 Å². The van der Waals surface area contributed by atoms with Crippen LogP contribution < -0.4 is 15.4 Å². The highest BCUT2D eigenvalue weighted by molar-refractivity contribution is 5.89. The Morgan fingerprint density at radius 2 is 1.70 bits per heavy atom. The third kappa shape index (κ3) is 6.42. The van der Waals surface area contributed by atoms with E-state index in [-0.39, 0.29) is 6.97 Å². The Morgan fingerprint density at radius 3 is 2.35 bits per heavy atom. The number of methoxy groups -OCH3 is 1. The first-order valence-corrected chi connectivity index (χ1v) is 12.8. The highest BCUT2D eigenvalue weighted by Gasteiger charge is 2.26. The third-order valence-corrected chi connectivity index (χ3v) is 6.05. The molecule has 5 heterocycles. The molecule has 0 saturated heterocycles. The van der Waals surface area contributed by atoms with E-state index in [4.69, 9.17) is 31.1 Å². The molecule has 0 radical (unpaired) electrons. The van der Waals surface area contributed by atoms with Crippen molar-refractivity contribution in [2.24, 2.45) is 5.73 Å². The number of fused-ring (bicyclic) bond motifs is 2. The number of hydrogen-bond donors (Lipinski definition) is 3. The monoisotopic (exact) mass is 543 g/mol. The van der Waals surface area contributed by atoms with Gasteiger partial charge in [0.25, 0.3) is 0 Å². The van der Waals surface area contributed by atoms with E-state index in [1.54, 1.807) is 13.3 Å². The zero-order valence-corrected chi connectivity index (χ0v) is 23.4. The molecule has 0 unspecified atom stereocenters. The van der Waals surface area contributed by atoms with Gasteiger partial charge in [0.05, 0.1) is 19.3 Å². The predicted octanol–water partition coefficient (Wildman–Crippen LogP) is 5.70. The normalized spacial score (nSPS) is 12.2. The lowest BCUT2D eigenvalue weighted by atomic mass is 10.1. The lowest BCUT2D eigenvalue weighted by Gasteiger charge is -2.19. The molecule has 6 rings (SSSR count). The van der Waals surface area contributed by atoms with E-state index >= 15 is 0 Å². The van der Waals surface area contributed by atoms with Crippen molar-refractivity contribution in [1.82, 2.24) is 24.6 Å². The molecular weight excluding hydrogens is 506 g/mol. The number of ether oxygens (including phenoxy) is 1. The molecule has 0 atom stereocenters. The number of nitrogens with zero attached hydrogens (tertiary/aromatic N) is 6. The van der Waals surface area contributed by atoms with E-state index in [2.05, 4.69) is 51.3 Å². The first kappa shape index (κ1) is 28.6. The fourth-order valence-electron chi connectivity index (χ4n) is 4.45. The Labute approximate surface area is 235 Å². The Kier molecular flexibility index (Phi) is 8.73. The highest BCUT2D eigenvalue weighted by atomic mass is 17.0. The van der Waals surface area contributed by atoms with E-state index in [1.165, 1.54) is 5.56 Å². The van der Waals surface area contributed by atoms with Crippen LogP contribution >= 0.6 is 0 Å². The lowest BCUT2D eigenvalue weighted by molar-refractivity contribution is -0.176. The maximum atomic E-state index is 6.00. The smallest absolute Gasteiger partial charge is 0.215 e. The zero-order chi connectivity index (χ0) is 28.9. The predicted molar refractivity (Wildman–Crippen MR) is 158 cm³/mol. The average molecular weight is 544 g/mol. The molecule has 1 aromatic carbocycles. The van der Waals surface area contributed by atoms with Crippen molar-refractivity contribution >= 4 is 11.3 Å². The van der Waals surface area contributed by atoms with E-state index in [9.17, 15) is 0 Å². The molecule has 210 valence electrons. The van der Waals surface area contributed by atoms with E-state index in [0.717, 1.165) is 45.8 Å². The van der Waals surface area contributed by atoms with Gasteiger partial charge in [0.1, 0.15) is 5.52 Å².